The quantitative estimate of drug-likeness (QED) is 0.333. The zero-order chi connectivity index (χ0) is 4.00. The van der Waals surface area contributed by atoms with Crippen LogP contribution in [0.1, 0.15) is 0 Å². The maximum Gasteiger partial charge on any atom is 2.00 e. The Morgan fingerprint density at radius 1 is 0.833 bits per heavy atom. The molecule has 0 amide bonds. The maximum atomic E-state index is 7.75. The summed E-state index contributed by atoms with van der Waals surface area (Å²) in [6.45, 7) is 6.50. The number of carbonyl (C=O) groups excluding carboxylic acids is 2. The van der Waals surface area contributed by atoms with Crippen molar-refractivity contribution in [3.05, 3.63) is 0 Å². The zero-order valence-corrected chi connectivity index (χ0v) is 6.03. The average Bonchev–Trinajstić information content (AvgIpc) is 1.50. The van der Waals surface area contributed by atoms with Crippen LogP contribution >= 0.6 is 0 Å². The number of rotatable bonds is 0. The molecule has 0 spiro atoms. The van der Waals surface area contributed by atoms with E-state index in [1.54, 1.807) is 0 Å². The third-order valence-electron chi connectivity index (χ3n) is 0. The van der Waals surface area contributed by atoms with Crippen molar-refractivity contribution in [2.45, 2.75) is 0 Å². The van der Waals surface area contributed by atoms with Gasteiger partial charge in [-0.15, -0.1) is 0 Å². The minimum atomic E-state index is 0. The minimum absolute atomic E-state index is 0. The molecule has 0 N–H and O–H groups in total. The Balaban J connectivity index is -0.00000000500. The van der Waals surface area contributed by atoms with E-state index in [-0.39, 0.29) is 39.0 Å². The van der Waals surface area contributed by atoms with Crippen molar-refractivity contribution in [2.24, 2.45) is 0 Å². The van der Waals surface area contributed by atoms with Gasteiger partial charge in [0, 0.05) is 19.5 Å². The Labute approximate surface area is 62.2 Å². The Morgan fingerprint density at radius 2 is 0.833 bits per heavy atom. The van der Waals surface area contributed by atoms with E-state index in [4.69, 9.17) is 9.59 Å². The van der Waals surface area contributed by atoms with Crippen LogP contribution in [-0.4, -0.2) is 13.6 Å². The zero-order valence-electron chi connectivity index (χ0n) is 2.66. The monoisotopic (exact) mass is 263 g/mol. The summed E-state index contributed by atoms with van der Waals surface area (Å²) in [4.78, 5) is 15.5. The Kier molecular flexibility index (Phi) is 1750. The molecular formula is C2H2O2RhRu. The van der Waals surface area contributed by atoms with Crippen LogP contribution in [0.4, 0.5) is 0 Å². The van der Waals surface area contributed by atoms with E-state index in [2.05, 4.69) is 13.6 Å². The molecule has 0 aliphatic heterocycles. The van der Waals surface area contributed by atoms with Crippen molar-refractivity contribution in [3.63, 3.8) is 0 Å². The van der Waals surface area contributed by atoms with Crippen molar-refractivity contribution in [1.29, 1.82) is 0 Å². The van der Waals surface area contributed by atoms with E-state index in [0.29, 0.717) is 0 Å². The van der Waals surface area contributed by atoms with E-state index in [9.17, 15) is 0 Å². The van der Waals surface area contributed by atoms with E-state index >= 15 is 0 Å². The summed E-state index contributed by atoms with van der Waals surface area (Å²) in [6, 6.07) is 0. The molecule has 0 saturated heterocycles. The van der Waals surface area contributed by atoms with Crippen LogP contribution in [-0.2, 0) is 48.5 Å². The van der Waals surface area contributed by atoms with Gasteiger partial charge in [-0.1, -0.05) is 0 Å². The van der Waals surface area contributed by atoms with Crippen molar-refractivity contribution in [2.75, 3.05) is 0 Å². The van der Waals surface area contributed by atoms with E-state index < -0.39 is 0 Å². The molecule has 6 heavy (non-hydrogen) atoms. The summed E-state index contributed by atoms with van der Waals surface area (Å²) in [5, 5.41) is 0. The molecule has 0 saturated carbocycles. The first kappa shape index (κ1) is 30.7. The fraction of sp³-hybridized carbons (Fsp3) is 0. The molecule has 0 unspecified atom stereocenters. The van der Waals surface area contributed by atoms with E-state index in [0.717, 1.165) is 0 Å². The molecule has 0 heterocycles. The fourth-order valence-corrected chi connectivity index (χ4v) is 0. The van der Waals surface area contributed by atoms with Gasteiger partial charge in [0.1, 0.15) is 0 Å². The van der Waals surface area contributed by atoms with Crippen LogP contribution in [0.15, 0.2) is 0 Å². The van der Waals surface area contributed by atoms with Gasteiger partial charge in [0.25, 0.3) is 0 Å². The number of hydrogen-bond donors (Lipinski definition) is 0. The van der Waals surface area contributed by atoms with Gasteiger partial charge in [-0.2, -0.15) is 0 Å². The van der Waals surface area contributed by atoms with Gasteiger partial charge in [-0.05, 0) is 0 Å². The first-order valence-electron chi connectivity index (χ1n) is 0.471. The van der Waals surface area contributed by atoms with Gasteiger partial charge in [0.15, 0.2) is 0 Å². The van der Waals surface area contributed by atoms with Gasteiger partial charge in [-0.3, -0.25) is 13.6 Å². The molecule has 1 radical (unpaired) electrons. The van der Waals surface area contributed by atoms with Crippen LogP contribution in [0.25, 0.3) is 0 Å². The van der Waals surface area contributed by atoms with Gasteiger partial charge in [0.2, 0.25) is 0 Å². The molecule has 0 aromatic carbocycles. The first-order valence-corrected chi connectivity index (χ1v) is 0.471. The van der Waals surface area contributed by atoms with Gasteiger partial charge < -0.3 is 9.59 Å². The van der Waals surface area contributed by atoms with Crippen LogP contribution in [0.2, 0.25) is 0 Å². The predicted molar refractivity (Wildman–Crippen MR) is 13.5 cm³/mol. The van der Waals surface area contributed by atoms with Crippen LogP contribution in [0, 0.1) is 0 Å². The summed E-state index contributed by atoms with van der Waals surface area (Å²) >= 11 is 0. The van der Waals surface area contributed by atoms with Crippen molar-refractivity contribution < 1.29 is 48.5 Å². The molecule has 0 aliphatic rings. The van der Waals surface area contributed by atoms with Gasteiger partial charge in [-0.25, -0.2) is 0 Å². The minimum Gasteiger partial charge on any atom is -0.545 e. The van der Waals surface area contributed by atoms with Gasteiger partial charge in [0.05, 0.1) is 0 Å². The Morgan fingerprint density at radius 3 is 0.833 bits per heavy atom. The summed E-state index contributed by atoms with van der Waals surface area (Å²) in [5.41, 5.74) is 0. The molecule has 0 rings (SSSR count). The molecular weight excluding hydrogens is 260 g/mol. The topological polar surface area (TPSA) is 34.1 Å². The van der Waals surface area contributed by atoms with Crippen LogP contribution in [0.3, 0.4) is 0 Å². The Bertz CT molecular complexity index is 13.5. The molecule has 0 bridgehead atoms. The molecule has 4 heteroatoms. The summed E-state index contributed by atoms with van der Waals surface area (Å²) < 4.78 is 0. The predicted octanol–water partition coefficient (Wildman–Crippen LogP) is -0.553. The summed E-state index contributed by atoms with van der Waals surface area (Å²) in [6.07, 6.45) is 0. The largest absolute Gasteiger partial charge is 2.00 e. The smallest absolute Gasteiger partial charge is 0.545 e. The van der Waals surface area contributed by atoms with Crippen molar-refractivity contribution in [3.8, 4) is 0 Å². The molecule has 0 aromatic rings. The van der Waals surface area contributed by atoms with Gasteiger partial charge >= 0.3 is 19.5 Å². The van der Waals surface area contributed by atoms with E-state index in [1.165, 1.54) is 0 Å². The average molecular weight is 262 g/mol. The van der Waals surface area contributed by atoms with Crippen molar-refractivity contribution in [1.82, 2.24) is 0 Å². The Hall–Kier alpha value is 0.587. The first-order chi connectivity index (χ1) is 2.00. The second-order valence-electron chi connectivity index (χ2n) is 0. The third-order valence-corrected chi connectivity index (χ3v) is 0. The second kappa shape index (κ2) is 341. The second-order valence-corrected chi connectivity index (χ2v) is 0. The standard InChI is InChI=1S/2CHO.Rh.Ru/c2*1-2;;/h2*1H;;/q2*-1;;+2. The third kappa shape index (κ3) is 171. The molecule has 0 fully saturated rings. The molecule has 0 atom stereocenters. The van der Waals surface area contributed by atoms with Crippen LogP contribution in [0.5, 0.6) is 0 Å². The fourth-order valence-electron chi connectivity index (χ4n) is 0. The summed E-state index contributed by atoms with van der Waals surface area (Å²) in [5.74, 6) is 0. The summed E-state index contributed by atoms with van der Waals surface area (Å²) in [7, 11) is 0. The normalized spacial score (nSPS) is 1.33. The van der Waals surface area contributed by atoms with Crippen molar-refractivity contribution >= 4 is 13.6 Å². The molecule has 39 valence electrons. The maximum absolute atomic E-state index is 7.75. The van der Waals surface area contributed by atoms with E-state index in [1.807, 2.05) is 0 Å². The molecule has 0 aromatic heterocycles. The van der Waals surface area contributed by atoms with Crippen LogP contribution < -0.4 is 0 Å². The number of hydrogen-bond acceptors (Lipinski definition) is 2. The molecule has 0 aliphatic carbocycles. The SMILES string of the molecule is [CH-]=O.[CH-]=O.[Rh].[Ru+2]. The molecule has 2 nitrogen and oxygen atoms in total.